The first-order chi connectivity index (χ1) is 13.7. The van der Waals surface area contributed by atoms with Crippen LogP contribution in [0.25, 0.3) is 0 Å². The number of nitrogens with one attached hydrogen (secondary N) is 1. The molecule has 28 heavy (non-hydrogen) atoms. The minimum atomic E-state index is -0.194. The Balaban J connectivity index is 1.47. The Hall–Kier alpha value is -3.02. The molecule has 1 N–H and O–H groups in total. The summed E-state index contributed by atoms with van der Waals surface area (Å²) in [5, 5.41) is 2.92. The molecule has 6 heteroatoms. The molecule has 3 rings (SSSR count). The van der Waals surface area contributed by atoms with Crippen LogP contribution in [-0.4, -0.2) is 43.5 Å². The predicted molar refractivity (Wildman–Crippen MR) is 106 cm³/mol. The van der Waals surface area contributed by atoms with E-state index in [0.717, 1.165) is 17.1 Å². The predicted octanol–water partition coefficient (Wildman–Crippen LogP) is 2.63. The second kappa shape index (κ2) is 9.78. The first kappa shape index (κ1) is 19.7. The minimum Gasteiger partial charge on any atom is -0.497 e. The summed E-state index contributed by atoms with van der Waals surface area (Å²) in [6, 6.07) is 17.1. The van der Waals surface area contributed by atoms with Crippen molar-refractivity contribution >= 4 is 11.8 Å². The van der Waals surface area contributed by atoms with Crippen molar-refractivity contribution in [2.45, 2.75) is 19.4 Å². The molecule has 1 fully saturated rings. The maximum absolute atomic E-state index is 12.5. The molecule has 0 saturated carbocycles. The highest BCUT2D eigenvalue weighted by Gasteiger charge is 2.30. The average Bonchev–Trinajstić information content (AvgIpc) is 2.73. The number of methoxy groups -OCH3 is 1. The van der Waals surface area contributed by atoms with Crippen molar-refractivity contribution in [2.75, 3.05) is 26.8 Å². The number of piperidine rings is 1. The molecule has 1 aliphatic rings. The first-order valence-corrected chi connectivity index (χ1v) is 9.52. The van der Waals surface area contributed by atoms with Crippen LogP contribution in [0.15, 0.2) is 54.6 Å². The lowest BCUT2D eigenvalue weighted by Gasteiger charge is -2.32. The summed E-state index contributed by atoms with van der Waals surface area (Å²) in [5.41, 5.74) is 0.991. The molecule has 148 valence electrons. The number of nitrogens with zero attached hydrogens (tertiary/aromatic N) is 1. The van der Waals surface area contributed by atoms with Crippen LogP contribution in [-0.2, 0) is 16.1 Å². The Morgan fingerprint density at radius 1 is 1.14 bits per heavy atom. The molecule has 0 aromatic heterocycles. The molecule has 1 saturated heterocycles. The number of carbonyl (C=O) groups is 2. The number of amides is 2. The van der Waals surface area contributed by atoms with Crippen molar-refractivity contribution in [2.24, 2.45) is 5.92 Å². The molecule has 0 unspecified atom stereocenters. The summed E-state index contributed by atoms with van der Waals surface area (Å²) < 4.78 is 10.8. The highest BCUT2D eigenvalue weighted by atomic mass is 16.5. The number of hydrogen-bond donors (Lipinski definition) is 1. The molecule has 1 atom stereocenters. The van der Waals surface area contributed by atoms with Gasteiger partial charge in [0.05, 0.1) is 19.6 Å². The summed E-state index contributed by atoms with van der Waals surface area (Å²) in [5.74, 6) is 1.40. The van der Waals surface area contributed by atoms with Gasteiger partial charge in [-0.2, -0.15) is 0 Å². The van der Waals surface area contributed by atoms with E-state index < -0.39 is 0 Å². The summed E-state index contributed by atoms with van der Waals surface area (Å²) in [7, 11) is 1.62. The molecule has 2 amide bonds. The van der Waals surface area contributed by atoms with Gasteiger partial charge >= 0.3 is 0 Å². The van der Waals surface area contributed by atoms with Crippen LogP contribution in [0.5, 0.6) is 11.5 Å². The van der Waals surface area contributed by atoms with Gasteiger partial charge in [0.2, 0.25) is 11.8 Å². The number of hydrogen-bond acceptors (Lipinski definition) is 4. The van der Waals surface area contributed by atoms with Crippen molar-refractivity contribution < 1.29 is 19.1 Å². The van der Waals surface area contributed by atoms with Gasteiger partial charge in [-0.25, -0.2) is 0 Å². The number of likely N-dealkylation sites (tertiary alicyclic amines) is 1. The van der Waals surface area contributed by atoms with Gasteiger partial charge in [-0.15, -0.1) is 0 Å². The third-order valence-corrected chi connectivity index (χ3v) is 4.79. The summed E-state index contributed by atoms with van der Waals surface area (Å²) in [6.45, 7) is 1.77. The van der Waals surface area contributed by atoms with Gasteiger partial charge in [0.25, 0.3) is 0 Å². The zero-order valence-corrected chi connectivity index (χ0v) is 16.1. The van der Waals surface area contributed by atoms with E-state index in [1.165, 1.54) is 0 Å². The third kappa shape index (κ3) is 5.49. The van der Waals surface area contributed by atoms with Crippen LogP contribution in [0.1, 0.15) is 18.4 Å². The Morgan fingerprint density at radius 2 is 1.93 bits per heavy atom. The summed E-state index contributed by atoms with van der Waals surface area (Å²) >= 11 is 0. The molecule has 2 aromatic carbocycles. The Morgan fingerprint density at radius 3 is 2.71 bits per heavy atom. The van der Waals surface area contributed by atoms with Gasteiger partial charge in [-0.1, -0.05) is 30.3 Å². The van der Waals surface area contributed by atoms with Gasteiger partial charge in [0, 0.05) is 19.5 Å². The molecule has 6 nitrogen and oxygen atoms in total. The molecular weight excluding hydrogens is 356 g/mol. The van der Waals surface area contributed by atoms with Crippen LogP contribution in [0.3, 0.4) is 0 Å². The lowest BCUT2D eigenvalue weighted by molar-refractivity contribution is -0.138. The topological polar surface area (TPSA) is 67.9 Å². The summed E-state index contributed by atoms with van der Waals surface area (Å²) in [6.07, 6.45) is 0.974. The normalized spacial score (nSPS) is 16.5. The standard InChI is InChI=1S/C22H26N2O4/c1-27-20-9-5-6-17(14-20)15-24-16-18(10-11-21(24)25)22(26)23-12-13-28-19-7-3-2-4-8-19/h2-9,14,18H,10-13,15-16H2,1H3,(H,23,26)/t18-/m0/s1. The van der Waals surface area contributed by atoms with E-state index >= 15 is 0 Å². The van der Waals surface area contributed by atoms with Crippen LogP contribution >= 0.6 is 0 Å². The zero-order valence-electron chi connectivity index (χ0n) is 16.1. The average molecular weight is 382 g/mol. The monoisotopic (exact) mass is 382 g/mol. The van der Waals surface area contributed by atoms with E-state index in [-0.39, 0.29) is 17.7 Å². The SMILES string of the molecule is COc1cccc(CN2C[C@@H](C(=O)NCCOc3ccccc3)CCC2=O)c1. The Bertz CT molecular complexity index is 794. The second-order valence-electron chi connectivity index (χ2n) is 6.81. The maximum atomic E-state index is 12.5. The fourth-order valence-corrected chi connectivity index (χ4v) is 3.28. The van der Waals surface area contributed by atoms with Gasteiger partial charge in [-0.3, -0.25) is 9.59 Å². The molecule has 1 aliphatic heterocycles. The van der Waals surface area contributed by atoms with Crippen molar-refractivity contribution in [3.8, 4) is 11.5 Å². The molecule has 0 spiro atoms. The smallest absolute Gasteiger partial charge is 0.225 e. The van der Waals surface area contributed by atoms with Crippen LogP contribution in [0.4, 0.5) is 0 Å². The number of benzene rings is 2. The van der Waals surface area contributed by atoms with Crippen molar-refractivity contribution in [1.29, 1.82) is 0 Å². The van der Waals surface area contributed by atoms with Crippen molar-refractivity contribution in [3.05, 3.63) is 60.2 Å². The quantitative estimate of drug-likeness (QED) is 0.713. The van der Waals surface area contributed by atoms with E-state index in [0.29, 0.717) is 39.1 Å². The molecule has 0 radical (unpaired) electrons. The first-order valence-electron chi connectivity index (χ1n) is 9.52. The largest absolute Gasteiger partial charge is 0.497 e. The molecule has 0 bridgehead atoms. The Labute approximate surface area is 165 Å². The van der Waals surface area contributed by atoms with Gasteiger partial charge in [0.1, 0.15) is 18.1 Å². The number of rotatable bonds is 8. The lowest BCUT2D eigenvalue weighted by Crippen LogP contribution is -2.45. The number of para-hydroxylation sites is 1. The zero-order chi connectivity index (χ0) is 19.8. The third-order valence-electron chi connectivity index (χ3n) is 4.79. The maximum Gasteiger partial charge on any atom is 0.225 e. The number of carbonyl (C=O) groups excluding carboxylic acids is 2. The van der Waals surface area contributed by atoms with Crippen molar-refractivity contribution in [1.82, 2.24) is 10.2 Å². The fourth-order valence-electron chi connectivity index (χ4n) is 3.28. The van der Waals surface area contributed by atoms with E-state index in [1.54, 1.807) is 12.0 Å². The molecule has 0 aliphatic carbocycles. The molecular formula is C22H26N2O4. The molecule has 2 aromatic rings. The van der Waals surface area contributed by atoms with Gasteiger partial charge < -0.3 is 19.7 Å². The highest BCUT2D eigenvalue weighted by molar-refractivity contribution is 5.83. The molecule has 1 heterocycles. The minimum absolute atomic E-state index is 0.0280. The second-order valence-corrected chi connectivity index (χ2v) is 6.81. The van der Waals surface area contributed by atoms with Crippen LogP contribution < -0.4 is 14.8 Å². The number of ether oxygens (including phenoxy) is 2. The fraction of sp³-hybridized carbons (Fsp3) is 0.364. The van der Waals surface area contributed by atoms with E-state index in [4.69, 9.17) is 9.47 Å². The van der Waals surface area contributed by atoms with E-state index in [2.05, 4.69) is 5.32 Å². The highest BCUT2D eigenvalue weighted by Crippen LogP contribution is 2.21. The van der Waals surface area contributed by atoms with Gasteiger partial charge in [-0.05, 0) is 36.2 Å². The Kier molecular flexibility index (Phi) is 6.89. The summed E-state index contributed by atoms with van der Waals surface area (Å²) in [4.78, 5) is 26.5. The van der Waals surface area contributed by atoms with E-state index in [9.17, 15) is 9.59 Å². The van der Waals surface area contributed by atoms with Crippen LogP contribution in [0.2, 0.25) is 0 Å². The lowest BCUT2D eigenvalue weighted by atomic mass is 9.96. The van der Waals surface area contributed by atoms with Crippen LogP contribution in [0, 0.1) is 5.92 Å². The van der Waals surface area contributed by atoms with Gasteiger partial charge in [0.15, 0.2) is 0 Å². The van der Waals surface area contributed by atoms with Crippen molar-refractivity contribution in [3.63, 3.8) is 0 Å². The van der Waals surface area contributed by atoms with E-state index in [1.807, 2.05) is 54.6 Å².